The van der Waals surface area contributed by atoms with Crippen LogP contribution < -0.4 is 0 Å². The van der Waals surface area contributed by atoms with Crippen LogP contribution in [0, 0.1) is 56.2 Å². The molecule has 34 heavy (non-hydrogen) atoms. The second-order valence-corrected chi connectivity index (χ2v) is 15.3. The van der Waals surface area contributed by atoms with Gasteiger partial charge in [0.2, 0.25) is 0 Å². The minimum atomic E-state index is -0.290. The van der Waals surface area contributed by atoms with Crippen molar-refractivity contribution in [2.45, 2.75) is 119 Å². The van der Waals surface area contributed by atoms with Gasteiger partial charge in [-0.25, -0.2) is 0 Å². The zero-order valence-corrected chi connectivity index (χ0v) is 23.3. The molecule has 0 unspecified atom stereocenters. The Morgan fingerprint density at radius 2 is 1.38 bits per heavy atom. The molecule has 5 aliphatic rings. The van der Waals surface area contributed by atoms with Crippen LogP contribution in [0.1, 0.15) is 119 Å². The van der Waals surface area contributed by atoms with Crippen molar-refractivity contribution in [1.82, 2.24) is 0 Å². The third-order valence-electron chi connectivity index (χ3n) is 13.9. The molecule has 0 bridgehead atoms. The lowest BCUT2D eigenvalue weighted by atomic mass is 9.30. The molecule has 0 N–H and O–H groups in total. The van der Waals surface area contributed by atoms with Crippen molar-refractivity contribution in [2.75, 3.05) is 7.11 Å². The number of ketones is 1. The molecule has 0 amide bonds. The third kappa shape index (κ3) is 2.88. The Labute approximate surface area is 208 Å². The van der Waals surface area contributed by atoms with Gasteiger partial charge in [0.1, 0.15) is 5.78 Å². The van der Waals surface area contributed by atoms with Crippen molar-refractivity contribution in [3.8, 4) is 0 Å². The molecule has 5 rings (SSSR count). The van der Waals surface area contributed by atoms with E-state index in [2.05, 4.69) is 48.5 Å². The van der Waals surface area contributed by atoms with Crippen LogP contribution in [0.4, 0.5) is 0 Å². The van der Waals surface area contributed by atoms with Crippen LogP contribution in [-0.2, 0) is 14.3 Å². The standard InChI is InChI=1S/C31H50O3/c1-20-21(32)9-10-22-27(20,4)12-11-23-28(22,5)14-15-30(7)24-19-26(2,3)13-17-31(24,25(33)34-8)18-16-29(23,30)6/h20,22-24H,9-19H2,1-8H3/t20-,22+,23-,24-,27+,28-,29-,30-,31-/m0/s1. The fourth-order valence-electron chi connectivity index (χ4n) is 11.4. The average Bonchev–Trinajstić information content (AvgIpc) is 2.78. The number of carbonyl (C=O) groups excluding carboxylic acids is 2. The monoisotopic (exact) mass is 470 g/mol. The maximum atomic E-state index is 13.4. The summed E-state index contributed by atoms with van der Waals surface area (Å²) in [4.78, 5) is 26.2. The number of hydrogen-bond acceptors (Lipinski definition) is 3. The number of carbonyl (C=O) groups is 2. The van der Waals surface area contributed by atoms with E-state index in [1.54, 1.807) is 7.11 Å². The molecule has 9 atom stereocenters. The SMILES string of the molecule is COC(=O)[C@]12CCC(C)(C)C[C@H]1[C@]1(C)CC[C@@]3(C)[C@@H]4CCC(=O)[C@H](C)[C@@]4(C)CC[C@@H]3[C@]1(C)CC2. The summed E-state index contributed by atoms with van der Waals surface area (Å²) in [6, 6.07) is 0. The Morgan fingerprint density at radius 3 is 2.06 bits per heavy atom. The fourth-order valence-corrected chi connectivity index (χ4v) is 11.4. The summed E-state index contributed by atoms with van der Waals surface area (Å²) >= 11 is 0. The van der Waals surface area contributed by atoms with Crippen molar-refractivity contribution in [2.24, 2.45) is 56.2 Å². The van der Waals surface area contributed by atoms with Gasteiger partial charge in [-0.1, -0.05) is 48.5 Å². The number of rotatable bonds is 1. The number of esters is 1. The lowest BCUT2D eigenvalue weighted by Crippen LogP contribution is -2.69. The van der Waals surface area contributed by atoms with Crippen molar-refractivity contribution in [1.29, 1.82) is 0 Å². The number of hydrogen-bond donors (Lipinski definition) is 0. The Bertz CT molecular complexity index is 891. The van der Waals surface area contributed by atoms with Crippen molar-refractivity contribution in [3.05, 3.63) is 0 Å². The molecule has 0 aromatic carbocycles. The fraction of sp³-hybridized carbons (Fsp3) is 0.935. The maximum Gasteiger partial charge on any atom is 0.312 e. The van der Waals surface area contributed by atoms with E-state index in [4.69, 9.17) is 4.74 Å². The van der Waals surface area contributed by atoms with E-state index in [1.807, 2.05) is 0 Å². The summed E-state index contributed by atoms with van der Waals surface area (Å²) in [5.74, 6) is 2.49. The van der Waals surface area contributed by atoms with Crippen LogP contribution in [0.2, 0.25) is 0 Å². The number of ether oxygens (including phenoxy) is 1. The number of Topliss-reactive ketones (excluding diaryl/α,β-unsaturated/α-hetero) is 1. The van der Waals surface area contributed by atoms with Gasteiger partial charge in [-0.05, 0) is 109 Å². The molecule has 5 saturated carbocycles. The molecule has 3 heteroatoms. The lowest BCUT2D eigenvalue weighted by molar-refractivity contribution is -0.259. The highest BCUT2D eigenvalue weighted by atomic mass is 16.5. The molecule has 0 aromatic heterocycles. The van der Waals surface area contributed by atoms with E-state index in [9.17, 15) is 9.59 Å². The minimum Gasteiger partial charge on any atom is -0.469 e. The number of fused-ring (bicyclic) bond motifs is 7. The van der Waals surface area contributed by atoms with Gasteiger partial charge in [0.15, 0.2) is 0 Å². The maximum absolute atomic E-state index is 13.4. The zero-order chi connectivity index (χ0) is 24.9. The molecule has 0 saturated heterocycles. The summed E-state index contributed by atoms with van der Waals surface area (Å²) in [7, 11) is 1.61. The topological polar surface area (TPSA) is 43.4 Å². The van der Waals surface area contributed by atoms with Gasteiger partial charge in [0, 0.05) is 12.3 Å². The first kappa shape index (κ1) is 24.8. The highest BCUT2D eigenvalue weighted by molar-refractivity contribution is 5.82. The zero-order valence-electron chi connectivity index (χ0n) is 23.3. The third-order valence-corrected chi connectivity index (χ3v) is 13.9. The van der Waals surface area contributed by atoms with Gasteiger partial charge < -0.3 is 4.74 Å². The molecule has 3 nitrogen and oxygen atoms in total. The Hall–Kier alpha value is -0.860. The van der Waals surface area contributed by atoms with Crippen LogP contribution in [0.25, 0.3) is 0 Å². The first-order chi connectivity index (χ1) is 15.7. The molecule has 0 aromatic rings. The predicted molar refractivity (Wildman–Crippen MR) is 136 cm³/mol. The second kappa shape index (κ2) is 7.34. The van der Waals surface area contributed by atoms with Gasteiger partial charge >= 0.3 is 5.97 Å². The molecule has 0 aliphatic heterocycles. The normalized spacial score (nSPS) is 54.2. The van der Waals surface area contributed by atoms with Crippen molar-refractivity contribution in [3.63, 3.8) is 0 Å². The quantitative estimate of drug-likeness (QED) is 0.370. The molecule has 0 heterocycles. The second-order valence-electron chi connectivity index (χ2n) is 15.3. The largest absolute Gasteiger partial charge is 0.469 e. The van der Waals surface area contributed by atoms with Gasteiger partial charge in [-0.3, -0.25) is 9.59 Å². The summed E-state index contributed by atoms with van der Waals surface area (Å²) < 4.78 is 5.54. The van der Waals surface area contributed by atoms with E-state index in [0.717, 1.165) is 44.9 Å². The van der Waals surface area contributed by atoms with Crippen LogP contribution in [0.5, 0.6) is 0 Å². The smallest absolute Gasteiger partial charge is 0.312 e. The lowest BCUT2D eigenvalue weighted by Gasteiger charge is -2.74. The van der Waals surface area contributed by atoms with Crippen LogP contribution in [0.15, 0.2) is 0 Å². The molecular formula is C31H50O3. The minimum absolute atomic E-state index is 0.0699. The predicted octanol–water partition coefficient (Wildman–Crippen LogP) is 7.61. The van der Waals surface area contributed by atoms with Gasteiger partial charge in [-0.2, -0.15) is 0 Å². The highest BCUT2D eigenvalue weighted by Crippen LogP contribution is 2.78. The highest BCUT2D eigenvalue weighted by Gasteiger charge is 2.72. The van der Waals surface area contributed by atoms with E-state index in [0.29, 0.717) is 29.0 Å². The first-order valence-corrected chi connectivity index (χ1v) is 14.3. The Balaban J connectivity index is 1.57. The molecule has 0 spiro atoms. The Kier molecular flexibility index (Phi) is 5.36. The first-order valence-electron chi connectivity index (χ1n) is 14.3. The molecule has 0 radical (unpaired) electrons. The average molecular weight is 471 g/mol. The van der Waals surface area contributed by atoms with E-state index >= 15 is 0 Å². The summed E-state index contributed by atoms with van der Waals surface area (Å²) in [5, 5.41) is 0. The van der Waals surface area contributed by atoms with E-state index < -0.39 is 0 Å². The molecule has 5 aliphatic carbocycles. The molecule has 5 fully saturated rings. The number of methoxy groups -OCH3 is 1. The Morgan fingerprint density at radius 1 is 0.765 bits per heavy atom. The van der Waals surface area contributed by atoms with Crippen LogP contribution in [0.3, 0.4) is 0 Å². The van der Waals surface area contributed by atoms with Gasteiger partial charge in [0.05, 0.1) is 12.5 Å². The van der Waals surface area contributed by atoms with Crippen LogP contribution >= 0.6 is 0 Å². The van der Waals surface area contributed by atoms with Crippen molar-refractivity contribution < 1.29 is 14.3 Å². The summed E-state index contributed by atoms with van der Waals surface area (Å²) in [6.07, 6.45) is 12.2. The van der Waals surface area contributed by atoms with E-state index in [-0.39, 0.29) is 39.0 Å². The summed E-state index contributed by atoms with van der Waals surface area (Å²) in [6.45, 7) is 17.3. The van der Waals surface area contributed by atoms with E-state index in [1.165, 1.54) is 25.7 Å². The van der Waals surface area contributed by atoms with Gasteiger partial charge in [-0.15, -0.1) is 0 Å². The van der Waals surface area contributed by atoms with Gasteiger partial charge in [0.25, 0.3) is 0 Å². The molecule has 192 valence electrons. The van der Waals surface area contributed by atoms with Crippen LogP contribution in [-0.4, -0.2) is 18.9 Å². The van der Waals surface area contributed by atoms with Crippen molar-refractivity contribution >= 4 is 11.8 Å². The molecular weight excluding hydrogens is 420 g/mol. The summed E-state index contributed by atoms with van der Waals surface area (Å²) in [5.41, 5.74) is 0.843.